The maximum absolute atomic E-state index is 12.3. The second-order valence-electron chi connectivity index (χ2n) is 6.13. The van der Waals surface area contributed by atoms with Crippen molar-refractivity contribution in [1.82, 2.24) is 15.5 Å². The van der Waals surface area contributed by atoms with Crippen LogP contribution in [0, 0.1) is 0 Å². The van der Waals surface area contributed by atoms with Gasteiger partial charge in [-0.05, 0) is 36.8 Å². The third-order valence-corrected chi connectivity index (χ3v) is 4.16. The van der Waals surface area contributed by atoms with E-state index in [0.717, 1.165) is 5.56 Å². The molecular formula is C20H20ClN3O5. The Hall–Kier alpha value is -3.39. The van der Waals surface area contributed by atoms with E-state index in [1.54, 1.807) is 56.6 Å². The summed E-state index contributed by atoms with van der Waals surface area (Å²) < 4.78 is 10.4. The van der Waals surface area contributed by atoms with Gasteiger partial charge in [0.1, 0.15) is 17.0 Å². The highest BCUT2D eigenvalue weighted by molar-refractivity contribution is 5.96. The Labute approximate surface area is 173 Å². The van der Waals surface area contributed by atoms with Crippen molar-refractivity contribution in [2.24, 2.45) is 0 Å². The first kappa shape index (κ1) is 21.9. The zero-order chi connectivity index (χ0) is 20.1. The van der Waals surface area contributed by atoms with Crippen LogP contribution in [0.4, 0.5) is 0 Å². The largest absolute Gasteiger partial charge is 0.497 e. The number of ether oxygens (including phenoxy) is 1. The molecule has 1 aromatic carbocycles. The Kier molecular flexibility index (Phi) is 7.33. The number of benzene rings is 1. The van der Waals surface area contributed by atoms with Crippen LogP contribution < -0.4 is 10.1 Å². The van der Waals surface area contributed by atoms with E-state index in [2.05, 4.69) is 15.5 Å². The van der Waals surface area contributed by atoms with E-state index in [0.29, 0.717) is 11.3 Å². The minimum Gasteiger partial charge on any atom is -0.497 e. The van der Waals surface area contributed by atoms with Crippen LogP contribution in [0.2, 0.25) is 0 Å². The summed E-state index contributed by atoms with van der Waals surface area (Å²) in [5, 5.41) is 16.2. The van der Waals surface area contributed by atoms with Crippen molar-refractivity contribution in [3.63, 3.8) is 0 Å². The molecule has 152 valence electrons. The predicted molar refractivity (Wildman–Crippen MR) is 107 cm³/mol. The van der Waals surface area contributed by atoms with Gasteiger partial charge in [-0.3, -0.25) is 9.78 Å². The normalized spacial score (nSPS) is 11.2. The molecule has 1 atom stereocenters. The van der Waals surface area contributed by atoms with Gasteiger partial charge in [0.25, 0.3) is 0 Å². The molecule has 0 unspecified atom stereocenters. The lowest BCUT2D eigenvalue weighted by molar-refractivity contribution is -0.121. The lowest BCUT2D eigenvalue weighted by Crippen LogP contribution is -2.28. The van der Waals surface area contributed by atoms with Crippen LogP contribution in [0.5, 0.6) is 5.75 Å². The van der Waals surface area contributed by atoms with Crippen LogP contribution >= 0.6 is 12.4 Å². The van der Waals surface area contributed by atoms with Crippen LogP contribution in [0.3, 0.4) is 0 Å². The number of carboxylic acids is 1. The lowest BCUT2D eigenvalue weighted by atomic mass is 10.0. The number of aromatic nitrogens is 2. The van der Waals surface area contributed by atoms with Gasteiger partial charge in [-0.1, -0.05) is 17.3 Å². The molecule has 3 rings (SSSR count). The average Bonchev–Trinajstić information content (AvgIpc) is 3.15. The van der Waals surface area contributed by atoms with Gasteiger partial charge >= 0.3 is 5.97 Å². The van der Waals surface area contributed by atoms with Gasteiger partial charge < -0.3 is 19.7 Å². The molecule has 29 heavy (non-hydrogen) atoms. The Morgan fingerprint density at radius 2 is 1.97 bits per heavy atom. The van der Waals surface area contributed by atoms with Gasteiger partial charge in [0.05, 0.1) is 19.6 Å². The number of carbonyl (C=O) groups is 2. The number of carbonyl (C=O) groups excluding carboxylic acids is 1. The van der Waals surface area contributed by atoms with E-state index in [1.165, 1.54) is 6.20 Å². The molecule has 0 bridgehead atoms. The molecule has 2 aromatic heterocycles. The number of rotatable bonds is 7. The fourth-order valence-electron chi connectivity index (χ4n) is 2.79. The van der Waals surface area contributed by atoms with Gasteiger partial charge in [-0.15, -0.1) is 12.4 Å². The molecular weight excluding hydrogens is 398 g/mol. The molecule has 2 heterocycles. The van der Waals surface area contributed by atoms with E-state index in [1.807, 2.05) is 0 Å². The Balaban J connectivity index is 0.00000300. The fourth-order valence-corrected chi connectivity index (χ4v) is 2.79. The van der Waals surface area contributed by atoms with Gasteiger partial charge in [-0.25, -0.2) is 4.79 Å². The zero-order valence-corrected chi connectivity index (χ0v) is 16.6. The summed E-state index contributed by atoms with van der Waals surface area (Å²) in [6, 6.07) is 9.82. The molecule has 0 aliphatic rings. The van der Waals surface area contributed by atoms with Crippen LogP contribution in [-0.4, -0.2) is 34.2 Å². The summed E-state index contributed by atoms with van der Waals surface area (Å²) in [5.74, 6) is -0.678. The van der Waals surface area contributed by atoms with E-state index in [-0.39, 0.29) is 41.8 Å². The highest BCUT2D eigenvalue weighted by Crippen LogP contribution is 2.28. The van der Waals surface area contributed by atoms with Crippen LogP contribution in [0.15, 0.2) is 53.3 Å². The molecule has 0 aliphatic heterocycles. The number of amides is 1. The summed E-state index contributed by atoms with van der Waals surface area (Å²) >= 11 is 0. The second kappa shape index (κ2) is 9.70. The summed E-state index contributed by atoms with van der Waals surface area (Å²) in [7, 11) is 1.57. The minimum atomic E-state index is -1.19. The second-order valence-corrected chi connectivity index (χ2v) is 6.13. The van der Waals surface area contributed by atoms with Crippen LogP contribution in [-0.2, 0) is 11.2 Å². The maximum Gasteiger partial charge on any atom is 0.341 e. The highest BCUT2D eigenvalue weighted by atomic mass is 35.5. The van der Waals surface area contributed by atoms with Crippen molar-refractivity contribution in [1.29, 1.82) is 0 Å². The molecule has 8 nitrogen and oxygen atoms in total. The Morgan fingerprint density at radius 1 is 1.24 bits per heavy atom. The SMILES string of the molecule is COc1ccc(CC(=O)N[C@H](C)c2onc(-c3cccnc3)c2C(=O)O)cc1.Cl. The first-order chi connectivity index (χ1) is 13.5. The van der Waals surface area contributed by atoms with E-state index < -0.39 is 12.0 Å². The molecule has 2 N–H and O–H groups in total. The molecule has 3 aromatic rings. The number of carboxylic acid groups (broad SMARTS) is 1. The molecule has 0 spiro atoms. The molecule has 0 radical (unpaired) electrons. The van der Waals surface area contributed by atoms with Crippen molar-refractivity contribution < 1.29 is 24.0 Å². The number of halogens is 1. The summed E-state index contributed by atoms with van der Waals surface area (Å²) in [6.45, 7) is 1.64. The molecule has 1 amide bonds. The summed E-state index contributed by atoms with van der Waals surface area (Å²) in [6.07, 6.45) is 3.22. The molecule has 0 fully saturated rings. The zero-order valence-electron chi connectivity index (χ0n) is 15.8. The lowest BCUT2D eigenvalue weighted by Gasteiger charge is -2.12. The van der Waals surface area contributed by atoms with Gasteiger partial charge in [0, 0.05) is 18.0 Å². The number of nitrogens with one attached hydrogen (secondary N) is 1. The topological polar surface area (TPSA) is 115 Å². The van der Waals surface area contributed by atoms with Crippen LogP contribution in [0.25, 0.3) is 11.3 Å². The van der Waals surface area contributed by atoms with Crippen molar-refractivity contribution in [2.45, 2.75) is 19.4 Å². The standard InChI is InChI=1S/C20H19N3O5.ClH/c1-12(22-16(24)10-13-5-7-15(27-2)8-6-13)19-17(20(25)26)18(23-28-19)14-4-3-9-21-11-14;/h3-9,11-12H,10H2,1-2H3,(H,22,24)(H,25,26);1H/t12-;/m1./s1. The third-order valence-electron chi connectivity index (χ3n) is 4.16. The molecule has 0 saturated heterocycles. The quantitative estimate of drug-likeness (QED) is 0.606. The minimum absolute atomic E-state index is 0. The molecule has 9 heteroatoms. The van der Waals surface area contributed by atoms with Crippen LogP contribution in [0.1, 0.15) is 34.6 Å². The average molecular weight is 418 g/mol. The van der Waals surface area contributed by atoms with Crippen molar-refractivity contribution in [3.05, 3.63) is 65.7 Å². The predicted octanol–water partition coefficient (Wildman–Crippen LogP) is 3.29. The van der Waals surface area contributed by atoms with E-state index in [9.17, 15) is 14.7 Å². The summed E-state index contributed by atoms with van der Waals surface area (Å²) in [4.78, 5) is 28.1. The van der Waals surface area contributed by atoms with Crippen molar-refractivity contribution >= 4 is 24.3 Å². The molecule has 0 saturated carbocycles. The van der Waals surface area contributed by atoms with Crippen molar-refractivity contribution in [3.8, 4) is 17.0 Å². The first-order valence-electron chi connectivity index (χ1n) is 8.55. The molecule has 0 aliphatic carbocycles. The monoisotopic (exact) mass is 417 g/mol. The Morgan fingerprint density at radius 3 is 2.55 bits per heavy atom. The van der Waals surface area contributed by atoms with Crippen molar-refractivity contribution in [2.75, 3.05) is 7.11 Å². The number of methoxy groups -OCH3 is 1. The van der Waals surface area contributed by atoms with Gasteiger partial charge in [0.2, 0.25) is 5.91 Å². The summed E-state index contributed by atoms with van der Waals surface area (Å²) in [5.41, 5.74) is 1.40. The number of hydrogen-bond acceptors (Lipinski definition) is 6. The van der Waals surface area contributed by atoms with E-state index in [4.69, 9.17) is 9.26 Å². The number of aromatic carboxylic acids is 1. The third kappa shape index (κ3) is 5.11. The fraction of sp³-hybridized carbons (Fsp3) is 0.200. The highest BCUT2D eigenvalue weighted by Gasteiger charge is 2.28. The van der Waals surface area contributed by atoms with Gasteiger partial charge in [0.15, 0.2) is 5.76 Å². The number of nitrogens with zero attached hydrogens (tertiary/aromatic N) is 2. The smallest absolute Gasteiger partial charge is 0.341 e. The van der Waals surface area contributed by atoms with Gasteiger partial charge in [-0.2, -0.15) is 0 Å². The van der Waals surface area contributed by atoms with E-state index >= 15 is 0 Å². The maximum atomic E-state index is 12.3. The first-order valence-corrected chi connectivity index (χ1v) is 8.55. The number of pyridine rings is 1. The Bertz CT molecular complexity index is 974. The number of hydrogen-bond donors (Lipinski definition) is 2.